The lowest BCUT2D eigenvalue weighted by atomic mass is 10.2. The van der Waals surface area contributed by atoms with Gasteiger partial charge in [0.05, 0.1) is 17.7 Å². The fraction of sp³-hybridized carbons (Fsp3) is 0.263. The Bertz CT molecular complexity index is 929. The van der Waals surface area contributed by atoms with E-state index >= 15 is 0 Å². The van der Waals surface area contributed by atoms with Gasteiger partial charge in [0.15, 0.2) is 0 Å². The highest BCUT2D eigenvalue weighted by Crippen LogP contribution is 2.32. The number of aryl methyl sites for hydroxylation is 2. The van der Waals surface area contributed by atoms with Gasteiger partial charge in [-0.05, 0) is 49.4 Å². The molecule has 0 saturated carbocycles. The zero-order valence-electron chi connectivity index (χ0n) is 15.6. The van der Waals surface area contributed by atoms with Gasteiger partial charge in [0.1, 0.15) is 17.1 Å². The van der Waals surface area contributed by atoms with Crippen LogP contribution >= 0.6 is 11.8 Å². The Balaban J connectivity index is 1.60. The summed E-state index contributed by atoms with van der Waals surface area (Å²) in [6.07, 6.45) is 1.66. The molecule has 3 amide bonds. The van der Waals surface area contributed by atoms with E-state index in [1.54, 1.807) is 51.3 Å². The minimum Gasteiger partial charge on any atom is -0.497 e. The SMILES string of the molecule is COc1ccc(/C=C2\SC(=O)N(CCNC(=O)c3c(C)noc3C)C2=O)cc1. The van der Waals surface area contributed by atoms with Crippen LogP contribution in [0.2, 0.25) is 0 Å². The van der Waals surface area contributed by atoms with Crippen molar-refractivity contribution in [3.05, 3.63) is 51.8 Å². The van der Waals surface area contributed by atoms with Crippen LogP contribution in [0.3, 0.4) is 0 Å². The van der Waals surface area contributed by atoms with Gasteiger partial charge in [-0.25, -0.2) is 0 Å². The number of hydrogen-bond acceptors (Lipinski definition) is 7. The molecule has 2 aromatic rings. The lowest BCUT2D eigenvalue weighted by molar-refractivity contribution is -0.122. The van der Waals surface area contributed by atoms with Crippen LogP contribution in [-0.4, -0.2) is 47.3 Å². The van der Waals surface area contributed by atoms with Gasteiger partial charge in [-0.3, -0.25) is 19.3 Å². The third kappa shape index (κ3) is 4.09. The van der Waals surface area contributed by atoms with Gasteiger partial charge in [0, 0.05) is 13.1 Å². The summed E-state index contributed by atoms with van der Waals surface area (Å²) in [6.45, 7) is 3.54. The van der Waals surface area contributed by atoms with Crippen LogP contribution in [-0.2, 0) is 4.79 Å². The summed E-state index contributed by atoms with van der Waals surface area (Å²) >= 11 is 0.878. The molecule has 146 valence electrons. The minimum absolute atomic E-state index is 0.0831. The Hall–Kier alpha value is -3.07. The van der Waals surface area contributed by atoms with Crippen molar-refractivity contribution in [2.24, 2.45) is 0 Å². The maximum Gasteiger partial charge on any atom is 0.293 e. The molecule has 1 aliphatic heterocycles. The van der Waals surface area contributed by atoms with Crippen molar-refractivity contribution in [3.63, 3.8) is 0 Å². The van der Waals surface area contributed by atoms with Crippen molar-refractivity contribution < 1.29 is 23.6 Å². The Morgan fingerprint density at radius 1 is 1.29 bits per heavy atom. The lowest BCUT2D eigenvalue weighted by Gasteiger charge is -2.12. The van der Waals surface area contributed by atoms with Crippen molar-refractivity contribution in [2.75, 3.05) is 20.2 Å². The highest BCUT2D eigenvalue weighted by Gasteiger charge is 2.34. The summed E-state index contributed by atoms with van der Waals surface area (Å²) in [5, 5.41) is 6.05. The Morgan fingerprint density at radius 3 is 2.61 bits per heavy atom. The average molecular weight is 401 g/mol. The first-order chi connectivity index (χ1) is 13.4. The second kappa shape index (κ2) is 8.30. The number of imide groups is 1. The van der Waals surface area contributed by atoms with E-state index in [1.807, 2.05) is 0 Å². The lowest BCUT2D eigenvalue weighted by Crippen LogP contribution is -2.37. The highest BCUT2D eigenvalue weighted by atomic mass is 32.2. The summed E-state index contributed by atoms with van der Waals surface area (Å²) in [4.78, 5) is 38.4. The van der Waals surface area contributed by atoms with Crippen LogP contribution < -0.4 is 10.1 Å². The molecule has 1 saturated heterocycles. The molecule has 0 aliphatic carbocycles. The van der Waals surface area contributed by atoms with Crippen molar-refractivity contribution >= 4 is 34.9 Å². The van der Waals surface area contributed by atoms with Crippen LogP contribution in [0.25, 0.3) is 6.08 Å². The molecule has 1 N–H and O–H groups in total. The fourth-order valence-corrected chi connectivity index (χ4v) is 3.59. The van der Waals surface area contributed by atoms with E-state index in [1.165, 1.54) is 0 Å². The highest BCUT2D eigenvalue weighted by molar-refractivity contribution is 8.18. The number of carbonyl (C=O) groups excluding carboxylic acids is 3. The van der Waals surface area contributed by atoms with Crippen LogP contribution in [0.5, 0.6) is 5.75 Å². The summed E-state index contributed by atoms with van der Waals surface area (Å²) in [7, 11) is 1.57. The van der Waals surface area contributed by atoms with E-state index in [4.69, 9.17) is 9.26 Å². The molecule has 0 atom stereocenters. The number of benzene rings is 1. The second-order valence-electron chi connectivity index (χ2n) is 6.06. The van der Waals surface area contributed by atoms with Gasteiger partial charge < -0.3 is 14.6 Å². The van der Waals surface area contributed by atoms with Crippen molar-refractivity contribution in [1.82, 2.24) is 15.4 Å². The standard InChI is InChI=1S/C19H19N3O5S/c1-11-16(12(2)27-21-11)17(23)20-8-9-22-18(24)15(28-19(22)25)10-13-4-6-14(26-3)7-5-13/h4-7,10H,8-9H2,1-3H3,(H,20,23)/b15-10-. The first kappa shape index (κ1) is 19.7. The third-order valence-electron chi connectivity index (χ3n) is 4.17. The first-order valence-electron chi connectivity index (χ1n) is 8.51. The molecular formula is C19H19N3O5S. The number of methoxy groups -OCH3 is 1. The molecule has 1 aromatic carbocycles. The van der Waals surface area contributed by atoms with E-state index < -0.39 is 0 Å². The summed E-state index contributed by atoms with van der Waals surface area (Å²) in [5.74, 6) is 0.400. The smallest absolute Gasteiger partial charge is 0.293 e. The molecule has 0 bridgehead atoms. The Labute approximate surface area is 165 Å². The minimum atomic E-state index is -0.377. The molecule has 3 rings (SSSR count). The molecule has 2 heterocycles. The Kier molecular flexibility index (Phi) is 5.84. The summed E-state index contributed by atoms with van der Waals surface area (Å²) < 4.78 is 10.1. The maximum absolute atomic E-state index is 12.5. The topological polar surface area (TPSA) is 102 Å². The predicted molar refractivity (Wildman–Crippen MR) is 104 cm³/mol. The second-order valence-corrected chi connectivity index (χ2v) is 7.05. The number of rotatable bonds is 6. The normalized spacial score (nSPS) is 15.4. The molecule has 1 aliphatic rings. The van der Waals surface area contributed by atoms with Gasteiger partial charge in [0.2, 0.25) is 0 Å². The summed E-state index contributed by atoms with van der Waals surface area (Å²) in [6, 6.07) is 7.16. The zero-order chi connectivity index (χ0) is 20.3. The maximum atomic E-state index is 12.5. The van der Waals surface area contributed by atoms with Gasteiger partial charge in [0.25, 0.3) is 17.1 Å². The molecule has 0 unspecified atom stereocenters. The first-order valence-corrected chi connectivity index (χ1v) is 9.33. The van der Waals surface area contributed by atoms with E-state index in [0.717, 1.165) is 22.2 Å². The Morgan fingerprint density at radius 2 is 2.00 bits per heavy atom. The van der Waals surface area contributed by atoms with Crippen LogP contribution in [0.15, 0.2) is 33.7 Å². The molecule has 0 spiro atoms. The zero-order valence-corrected chi connectivity index (χ0v) is 16.5. The van der Waals surface area contributed by atoms with Gasteiger partial charge in [-0.2, -0.15) is 0 Å². The number of nitrogens with zero attached hydrogens (tertiary/aromatic N) is 2. The fourth-order valence-electron chi connectivity index (χ4n) is 2.72. The number of carbonyl (C=O) groups is 3. The van der Waals surface area contributed by atoms with Gasteiger partial charge in [-0.1, -0.05) is 17.3 Å². The van der Waals surface area contributed by atoms with E-state index in [0.29, 0.717) is 27.7 Å². The third-order valence-corrected chi connectivity index (χ3v) is 5.08. The number of hydrogen-bond donors (Lipinski definition) is 1. The monoisotopic (exact) mass is 401 g/mol. The van der Waals surface area contributed by atoms with E-state index in [9.17, 15) is 14.4 Å². The number of aromatic nitrogens is 1. The van der Waals surface area contributed by atoms with E-state index in [-0.39, 0.29) is 30.1 Å². The number of amides is 3. The van der Waals surface area contributed by atoms with Gasteiger partial charge in [-0.15, -0.1) is 0 Å². The molecular weight excluding hydrogens is 382 g/mol. The van der Waals surface area contributed by atoms with Crippen molar-refractivity contribution in [2.45, 2.75) is 13.8 Å². The molecule has 1 fully saturated rings. The van der Waals surface area contributed by atoms with Crippen LogP contribution in [0, 0.1) is 13.8 Å². The quantitative estimate of drug-likeness (QED) is 0.743. The predicted octanol–water partition coefficient (Wildman–Crippen LogP) is 2.77. The van der Waals surface area contributed by atoms with Crippen molar-refractivity contribution in [3.8, 4) is 5.75 Å². The van der Waals surface area contributed by atoms with Crippen molar-refractivity contribution in [1.29, 1.82) is 0 Å². The number of thioether (sulfide) groups is 1. The largest absolute Gasteiger partial charge is 0.497 e. The number of nitrogens with one attached hydrogen (secondary N) is 1. The van der Waals surface area contributed by atoms with Gasteiger partial charge >= 0.3 is 0 Å². The number of ether oxygens (including phenoxy) is 1. The molecule has 0 radical (unpaired) electrons. The molecule has 1 aromatic heterocycles. The average Bonchev–Trinajstić information content (AvgIpc) is 3.15. The van der Waals surface area contributed by atoms with Crippen LogP contribution in [0.1, 0.15) is 27.4 Å². The molecule has 28 heavy (non-hydrogen) atoms. The summed E-state index contributed by atoms with van der Waals surface area (Å²) in [5.41, 5.74) is 1.65. The molecule has 9 heteroatoms. The van der Waals surface area contributed by atoms with Crippen LogP contribution in [0.4, 0.5) is 4.79 Å². The van der Waals surface area contributed by atoms with E-state index in [2.05, 4.69) is 10.5 Å². The molecule has 8 nitrogen and oxygen atoms in total.